The van der Waals surface area contributed by atoms with Gasteiger partial charge in [-0.1, -0.05) is 61.2 Å². The van der Waals surface area contributed by atoms with Crippen molar-refractivity contribution in [1.82, 2.24) is 0 Å². The molecule has 2 N–H and O–H groups in total. The number of carbonyl (C=O) groups is 1. The van der Waals surface area contributed by atoms with Crippen molar-refractivity contribution in [2.24, 2.45) is 5.73 Å². The zero-order valence-corrected chi connectivity index (χ0v) is 22.2. The molecule has 196 valence electrons. The van der Waals surface area contributed by atoms with Gasteiger partial charge in [0.05, 0.1) is 17.5 Å². The molecule has 38 heavy (non-hydrogen) atoms. The number of halogens is 2. The van der Waals surface area contributed by atoms with Gasteiger partial charge in [0.2, 0.25) is 5.88 Å². The highest BCUT2D eigenvalue weighted by atomic mass is 35.5. The molecule has 3 aromatic carbocycles. The Bertz CT molecular complexity index is 1400. The number of hydrogen-bond acceptors (Lipinski definition) is 7. The van der Waals surface area contributed by atoms with Crippen molar-refractivity contribution in [3.05, 3.63) is 93.3 Å². The van der Waals surface area contributed by atoms with E-state index in [-0.39, 0.29) is 23.3 Å². The van der Waals surface area contributed by atoms with Gasteiger partial charge in [0.15, 0.2) is 6.61 Å². The van der Waals surface area contributed by atoms with Crippen LogP contribution >= 0.6 is 23.2 Å². The van der Waals surface area contributed by atoms with Gasteiger partial charge in [-0.05, 0) is 48.4 Å². The Labute approximate surface area is 231 Å². The molecule has 1 atom stereocenters. The van der Waals surface area contributed by atoms with Crippen LogP contribution in [0.3, 0.4) is 0 Å². The number of rotatable bonds is 10. The number of carbonyl (C=O) groups excluding carboxylic acids is 1. The predicted molar refractivity (Wildman–Crippen MR) is 145 cm³/mol. The third-order valence-corrected chi connectivity index (χ3v) is 6.40. The summed E-state index contributed by atoms with van der Waals surface area (Å²) in [5.74, 6) is 0.522. The topological polar surface area (TPSA) is 104 Å². The molecule has 1 aliphatic heterocycles. The van der Waals surface area contributed by atoms with Gasteiger partial charge in [-0.15, -0.1) is 0 Å². The molecule has 4 rings (SSSR count). The third-order valence-electron chi connectivity index (χ3n) is 5.87. The molecular weight excluding hydrogens is 527 g/mol. The molecule has 1 aliphatic rings. The van der Waals surface area contributed by atoms with Crippen molar-refractivity contribution in [2.45, 2.75) is 32.1 Å². The SMILES string of the molecule is CCCCCOc1cccc(C2C(C#N)=C(N)Oc3cc(OC(=O)COc4ccc(Cl)cc4Cl)ccc32)c1. The van der Waals surface area contributed by atoms with Crippen molar-refractivity contribution in [1.29, 1.82) is 5.26 Å². The van der Waals surface area contributed by atoms with Crippen LogP contribution < -0.4 is 24.7 Å². The first kappa shape index (κ1) is 27.2. The molecule has 0 spiro atoms. The van der Waals surface area contributed by atoms with E-state index in [9.17, 15) is 10.1 Å². The maximum atomic E-state index is 12.4. The Kier molecular flexibility index (Phi) is 9.01. The monoisotopic (exact) mass is 552 g/mol. The number of fused-ring (bicyclic) bond motifs is 1. The average molecular weight is 553 g/mol. The lowest BCUT2D eigenvalue weighted by Gasteiger charge is -2.27. The average Bonchev–Trinajstić information content (AvgIpc) is 2.90. The first-order valence-corrected chi connectivity index (χ1v) is 12.9. The first-order valence-electron chi connectivity index (χ1n) is 12.1. The lowest BCUT2D eigenvalue weighted by Crippen LogP contribution is -2.21. The van der Waals surface area contributed by atoms with E-state index in [0.29, 0.717) is 40.0 Å². The van der Waals surface area contributed by atoms with Crippen molar-refractivity contribution >= 4 is 29.2 Å². The second-order valence-corrected chi connectivity index (χ2v) is 9.43. The van der Waals surface area contributed by atoms with Crippen molar-refractivity contribution in [3.63, 3.8) is 0 Å². The fourth-order valence-electron chi connectivity index (χ4n) is 4.06. The number of benzene rings is 3. The molecule has 1 heterocycles. The zero-order valence-electron chi connectivity index (χ0n) is 20.7. The van der Waals surface area contributed by atoms with E-state index in [1.807, 2.05) is 24.3 Å². The summed E-state index contributed by atoms with van der Waals surface area (Å²) in [6.45, 7) is 2.39. The van der Waals surface area contributed by atoms with Crippen LogP contribution in [0.1, 0.15) is 43.2 Å². The molecule has 0 saturated heterocycles. The molecule has 9 heteroatoms. The van der Waals surface area contributed by atoms with Crippen LogP contribution in [-0.4, -0.2) is 19.2 Å². The van der Waals surface area contributed by atoms with Crippen molar-refractivity contribution < 1.29 is 23.7 Å². The molecule has 1 unspecified atom stereocenters. The molecule has 3 aromatic rings. The Morgan fingerprint density at radius 2 is 1.89 bits per heavy atom. The Morgan fingerprint density at radius 1 is 1.05 bits per heavy atom. The maximum Gasteiger partial charge on any atom is 0.349 e. The van der Waals surface area contributed by atoms with Gasteiger partial charge in [-0.3, -0.25) is 0 Å². The lowest BCUT2D eigenvalue weighted by molar-refractivity contribution is -0.136. The van der Waals surface area contributed by atoms with Gasteiger partial charge in [0.1, 0.15) is 34.6 Å². The Hall–Kier alpha value is -3.86. The van der Waals surface area contributed by atoms with E-state index in [1.54, 1.807) is 30.3 Å². The molecule has 7 nitrogen and oxygen atoms in total. The summed E-state index contributed by atoms with van der Waals surface area (Å²) in [6, 6.07) is 19.4. The van der Waals surface area contributed by atoms with Gasteiger partial charge in [0, 0.05) is 16.7 Å². The van der Waals surface area contributed by atoms with Crippen LogP contribution in [0.2, 0.25) is 10.0 Å². The number of hydrogen-bond donors (Lipinski definition) is 1. The quantitative estimate of drug-likeness (QED) is 0.168. The Morgan fingerprint density at radius 3 is 2.66 bits per heavy atom. The summed E-state index contributed by atoms with van der Waals surface area (Å²) >= 11 is 12.0. The normalized spacial score (nSPS) is 14.2. The second-order valence-electron chi connectivity index (χ2n) is 8.59. The fourth-order valence-corrected chi connectivity index (χ4v) is 4.52. The molecule has 0 amide bonds. The summed E-state index contributed by atoms with van der Waals surface area (Å²) in [7, 11) is 0. The molecule has 0 bridgehead atoms. The standard InChI is InChI=1S/C29H26Cl2N2O5/c1-2-3-4-12-35-20-7-5-6-18(13-20)28-22-10-9-21(15-26(22)38-29(33)23(28)16-32)37-27(34)17-36-25-11-8-19(30)14-24(25)31/h5-11,13-15,28H,2-4,12,17,33H2,1H3. The smallest absolute Gasteiger partial charge is 0.349 e. The molecule has 0 radical (unpaired) electrons. The number of nitrogens with zero attached hydrogens (tertiary/aromatic N) is 1. The van der Waals surface area contributed by atoms with Gasteiger partial charge in [-0.25, -0.2) is 4.79 Å². The van der Waals surface area contributed by atoms with E-state index < -0.39 is 11.9 Å². The number of nitriles is 1. The summed E-state index contributed by atoms with van der Waals surface area (Å²) in [6.07, 6.45) is 3.17. The Balaban J connectivity index is 1.51. The maximum absolute atomic E-state index is 12.4. The van der Waals surface area contributed by atoms with Gasteiger partial charge in [0.25, 0.3) is 0 Å². The summed E-state index contributed by atoms with van der Waals surface area (Å²) < 4.78 is 22.5. The molecular formula is C29H26Cl2N2O5. The summed E-state index contributed by atoms with van der Waals surface area (Å²) in [5.41, 5.74) is 7.96. The van der Waals surface area contributed by atoms with Gasteiger partial charge < -0.3 is 24.7 Å². The van der Waals surface area contributed by atoms with E-state index in [4.69, 9.17) is 47.9 Å². The number of allylic oxidation sites excluding steroid dienone is 1. The number of unbranched alkanes of at least 4 members (excludes halogenated alkanes) is 2. The van der Waals surface area contributed by atoms with Crippen molar-refractivity contribution in [2.75, 3.05) is 13.2 Å². The van der Waals surface area contributed by atoms with Crippen LogP contribution in [-0.2, 0) is 4.79 Å². The number of ether oxygens (including phenoxy) is 4. The minimum Gasteiger partial charge on any atom is -0.494 e. The fraction of sp³-hybridized carbons (Fsp3) is 0.241. The van der Waals surface area contributed by atoms with Gasteiger partial charge >= 0.3 is 5.97 Å². The minimum atomic E-state index is -0.641. The van der Waals surface area contributed by atoms with E-state index in [2.05, 4.69) is 13.0 Å². The highest BCUT2D eigenvalue weighted by molar-refractivity contribution is 6.35. The molecule has 0 aliphatic carbocycles. The highest BCUT2D eigenvalue weighted by Gasteiger charge is 2.31. The first-order chi connectivity index (χ1) is 18.4. The van der Waals surface area contributed by atoms with E-state index >= 15 is 0 Å². The number of esters is 1. The summed E-state index contributed by atoms with van der Waals surface area (Å²) in [5, 5.41) is 10.6. The van der Waals surface area contributed by atoms with Crippen LogP contribution in [0.15, 0.2) is 72.1 Å². The van der Waals surface area contributed by atoms with Crippen LogP contribution in [0, 0.1) is 11.3 Å². The third kappa shape index (κ3) is 6.52. The van der Waals surface area contributed by atoms with Crippen LogP contribution in [0.4, 0.5) is 0 Å². The van der Waals surface area contributed by atoms with Crippen LogP contribution in [0.25, 0.3) is 0 Å². The van der Waals surface area contributed by atoms with Crippen molar-refractivity contribution in [3.8, 4) is 29.1 Å². The second kappa shape index (κ2) is 12.6. The molecule has 0 fully saturated rings. The predicted octanol–water partition coefficient (Wildman–Crippen LogP) is 6.76. The largest absolute Gasteiger partial charge is 0.494 e. The lowest BCUT2D eigenvalue weighted by atomic mass is 9.83. The molecule has 0 saturated carbocycles. The molecule has 0 aromatic heterocycles. The van der Waals surface area contributed by atoms with E-state index in [1.165, 1.54) is 6.07 Å². The van der Waals surface area contributed by atoms with E-state index in [0.717, 1.165) is 24.8 Å². The number of nitrogens with two attached hydrogens (primary N) is 1. The zero-order chi connectivity index (χ0) is 27.1. The minimum absolute atomic E-state index is 0.0107. The van der Waals surface area contributed by atoms with Crippen LogP contribution in [0.5, 0.6) is 23.0 Å². The highest BCUT2D eigenvalue weighted by Crippen LogP contribution is 2.44. The summed E-state index contributed by atoms with van der Waals surface area (Å²) in [4.78, 5) is 12.4. The van der Waals surface area contributed by atoms with Gasteiger partial charge in [-0.2, -0.15) is 5.26 Å².